The Kier molecular flexibility index (Phi) is 6.41. The normalized spacial score (nSPS) is 10.1. The number of benzene rings is 2. The average Bonchev–Trinajstić information content (AvgIpc) is 2.72. The molecule has 0 atom stereocenters. The molecule has 0 aliphatic carbocycles. The zero-order valence-electron chi connectivity index (χ0n) is 16.0. The maximum absolute atomic E-state index is 12.2. The van der Waals surface area contributed by atoms with Crippen molar-refractivity contribution >= 4 is 21.7 Å². The van der Waals surface area contributed by atoms with Crippen LogP contribution in [0.2, 0.25) is 0 Å². The van der Waals surface area contributed by atoms with E-state index in [0.717, 1.165) is 10.0 Å². The lowest BCUT2D eigenvalue weighted by Crippen LogP contribution is -2.16. The second kappa shape index (κ2) is 9.17. The second-order valence-corrected chi connectivity index (χ2v) is 7.15. The number of aromatic amines is 1. The summed E-state index contributed by atoms with van der Waals surface area (Å²) in [5.74, 6) is 0.830. The highest BCUT2D eigenvalue weighted by Crippen LogP contribution is 2.36. The predicted molar refractivity (Wildman–Crippen MR) is 116 cm³/mol. The van der Waals surface area contributed by atoms with Crippen LogP contribution in [0.5, 0.6) is 11.5 Å². The predicted octanol–water partition coefficient (Wildman–Crippen LogP) is 4.11. The number of nitrogens with zero attached hydrogens (tertiary/aromatic N) is 2. The molecule has 0 radical (unpaired) electrons. The summed E-state index contributed by atoms with van der Waals surface area (Å²) in [5.41, 5.74) is 6.57. The molecule has 7 nitrogen and oxygen atoms in total. The Morgan fingerprint density at radius 2 is 1.83 bits per heavy atom. The number of nitrogens with two attached hydrogens (primary N) is 1. The number of hydrogen-bond donors (Lipinski definition) is 2. The molecule has 0 saturated heterocycles. The molecule has 3 N–H and O–H groups in total. The summed E-state index contributed by atoms with van der Waals surface area (Å²) < 4.78 is 12.6. The lowest BCUT2D eigenvalue weighted by Gasteiger charge is -2.15. The summed E-state index contributed by atoms with van der Waals surface area (Å²) in [5, 5.41) is 19.0. The first-order valence-corrected chi connectivity index (χ1v) is 9.78. The fourth-order valence-electron chi connectivity index (χ4n) is 2.97. The minimum atomic E-state index is -0.656. The van der Waals surface area contributed by atoms with Crippen molar-refractivity contribution in [2.75, 3.05) is 12.3 Å². The first kappa shape index (κ1) is 21.0. The fourth-order valence-corrected chi connectivity index (χ4v) is 3.42. The number of ether oxygens (including phenoxy) is 2. The molecule has 0 unspecified atom stereocenters. The average molecular weight is 465 g/mol. The van der Waals surface area contributed by atoms with E-state index in [9.17, 15) is 15.3 Å². The Balaban J connectivity index is 2.05. The van der Waals surface area contributed by atoms with E-state index >= 15 is 0 Å². The van der Waals surface area contributed by atoms with Crippen molar-refractivity contribution in [3.8, 4) is 34.8 Å². The Bertz CT molecular complexity index is 1240. The Morgan fingerprint density at radius 1 is 1.07 bits per heavy atom. The lowest BCUT2D eigenvalue weighted by atomic mass is 9.96. The van der Waals surface area contributed by atoms with Crippen LogP contribution >= 0.6 is 15.9 Å². The minimum absolute atomic E-state index is 0.0244. The summed E-state index contributed by atoms with van der Waals surface area (Å²) in [6, 6.07) is 16.5. The van der Waals surface area contributed by atoms with Crippen LogP contribution in [0, 0.1) is 22.7 Å². The van der Waals surface area contributed by atoms with Gasteiger partial charge in [0, 0.05) is 10.0 Å². The van der Waals surface area contributed by atoms with Gasteiger partial charge < -0.3 is 20.2 Å². The summed E-state index contributed by atoms with van der Waals surface area (Å²) in [4.78, 5) is 14.5. The standard InChI is InChI=1S/C22H17BrN4O3/c1-2-29-19-9-14(20-16(10-24)21(26)27-22(28)17(20)11-25)6-7-18(19)30-12-13-4-3-5-15(23)8-13/h3-9H,2,12H2,1H3,(H3,26,27,28). The summed E-state index contributed by atoms with van der Waals surface area (Å²) >= 11 is 3.43. The van der Waals surface area contributed by atoms with E-state index in [-0.39, 0.29) is 22.5 Å². The van der Waals surface area contributed by atoms with Crippen LogP contribution in [0.1, 0.15) is 23.6 Å². The molecule has 0 fully saturated rings. The van der Waals surface area contributed by atoms with E-state index in [1.807, 2.05) is 43.3 Å². The number of anilines is 1. The molecule has 30 heavy (non-hydrogen) atoms. The number of hydrogen-bond acceptors (Lipinski definition) is 6. The number of H-pyrrole nitrogens is 1. The molecule has 3 rings (SSSR count). The molecule has 0 saturated carbocycles. The molecular weight excluding hydrogens is 448 g/mol. The molecule has 3 aromatic rings. The highest BCUT2D eigenvalue weighted by Gasteiger charge is 2.19. The first-order chi connectivity index (χ1) is 14.5. The summed E-state index contributed by atoms with van der Waals surface area (Å²) in [6.45, 7) is 2.53. The van der Waals surface area contributed by atoms with Crippen LogP contribution in [0.15, 0.2) is 51.7 Å². The summed E-state index contributed by atoms with van der Waals surface area (Å²) in [6.07, 6.45) is 0. The van der Waals surface area contributed by atoms with E-state index in [1.165, 1.54) is 0 Å². The molecule has 0 aliphatic rings. The molecule has 1 aromatic heterocycles. The van der Waals surface area contributed by atoms with Crippen LogP contribution in [-0.4, -0.2) is 11.6 Å². The SMILES string of the molecule is CCOc1cc(-c2c(C#N)c(N)[nH]c(=O)c2C#N)ccc1OCc1cccc(Br)c1. The number of pyridine rings is 1. The Labute approximate surface area is 181 Å². The largest absolute Gasteiger partial charge is 0.490 e. The molecule has 1 heterocycles. The van der Waals surface area contributed by atoms with Crippen molar-refractivity contribution < 1.29 is 9.47 Å². The molecule has 0 aliphatic heterocycles. The number of nitriles is 2. The lowest BCUT2D eigenvalue weighted by molar-refractivity contribution is 0.269. The van der Waals surface area contributed by atoms with Crippen LogP contribution in [0.3, 0.4) is 0 Å². The molecule has 0 bridgehead atoms. The smallest absolute Gasteiger partial charge is 0.268 e. The molecule has 2 aromatic carbocycles. The number of halogens is 1. The van der Waals surface area contributed by atoms with Gasteiger partial charge in [-0.1, -0.05) is 34.1 Å². The van der Waals surface area contributed by atoms with Gasteiger partial charge in [0.15, 0.2) is 11.5 Å². The van der Waals surface area contributed by atoms with Gasteiger partial charge in [-0.3, -0.25) is 4.79 Å². The number of nitrogens with one attached hydrogen (secondary N) is 1. The zero-order chi connectivity index (χ0) is 21.7. The highest BCUT2D eigenvalue weighted by molar-refractivity contribution is 9.10. The minimum Gasteiger partial charge on any atom is -0.490 e. The van der Waals surface area contributed by atoms with Gasteiger partial charge in [-0.15, -0.1) is 0 Å². The van der Waals surface area contributed by atoms with Crippen LogP contribution in [0.25, 0.3) is 11.1 Å². The topological polar surface area (TPSA) is 125 Å². The Hall–Kier alpha value is -3.75. The molecular formula is C22H17BrN4O3. The molecule has 150 valence electrons. The van der Waals surface area contributed by atoms with Gasteiger partial charge in [0.25, 0.3) is 5.56 Å². The number of nitrogen functional groups attached to an aromatic ring is 1. The number of rotatable bonds is 6. The third-order valence-electron chi connectivity index (χ3n) is 4.28. The first-order valence-electron chi connectivity index (χ1n) is 8.98. The second-order valence-electron chi connectivity index (χ2n) is 6.23. The quantitative estimate of drug-likeness (QED) is 0.565. The van der Waals surface area contributed by atoms with E-state index in [4.69, 9.17) is 15.2 Å². The van der Waals surface area contributed by atoms with Crippen LogP contribution < -0.4 is 20.8 Å². The van der Waals surface area contributed by atoms with Crippen molar-refractivity contribution in [1.82, 2.24) is 4.98 Å². The van der Waals surface area contributed by atoms with Crippen molar-refractivity contribution in [2.24, 2.45) is 0 Å². The van der Waals surface area contributed by atoms with Gasteiger partial charge in [0.2, 0.25) is 0 Å². The monoisotopic (exact) mass is 464 g/mol. The molecule has 8 heteroatoms. The van der Waals surface area contributed by atoms with Gasteiger partial charge in [0.05, 0.1) is 6.61 Å². The van der Waals surface area contributed by atoms with Crippen LogP contribution in [-0.2, 0) is 6.61 Å². The van der Waals surface area contributed by atoms with Gasteiger partial charge in [-0.2, -0.15) is 10.5 Å². The van der Waals surface area contributed by atoms with Gasteiger partial charge in [-0.05, 0) is 42.3 Å². The van der Waals surface area contributed by atoms with E-state index in [0.29, 0.717) is 30.3 Å². The van der Waals surface area contributed by atoms with E-state index in [2.05, 4.69) is 20.9 Å². The molecule has 0 amide bonds. The summed E-state index contributed by atoms with van der Waals surface area (Å²) in [7, 11) is 0. The third kappa shape index (κ3) is 4.29. The van der Waals surface area contributed by atoms with Crippen molar-refractivity contribution in [2.45, 2.75) is 13.5 Å². The van der Waals surface area contributed by atoms with E-state index in [1.54, 1.807) is 18.2 Å². The molecule has 0 spiro atoms. The highest BCUT2D eigenvalue weighted by atomic mass is 79.9. The number of aromatic nitrogens is 1. The van der Waals surface area contributed by atoms with Gasteiger partial charge >= 0.3 is 0 Å². The van der Waals surface area contributed by atoms with Gasteiger partial charge in [0.1, 0.15) is 35.7 Å². The van der Waals surface area contributed by atoms with Crippen molar-refractivity contribution in [3.05, 3.63) is 74.0 Å². The maximum atomic E-state index is 12.2. The fraction of sp³-hybridized carbons (Fsp3) is 0.136. The van der Waals surface area contributed by atoms with Crippen molar-refractivity contribution in [1.29, 1.82) is 10.5 Å². The maximum Gasteiger partial charge on any atom is 0.268 e. The van der Waals surface area contributed by atoms with Crippen LogP contribution in [0.4, 0.5) is 5.82 Å². The Morgan fingerprint density at radius 3 is 2.50 bits per heavy atom. The van der Waals surface area contributed by atoms with E-state index < -0.39 is 5.56 Å². The zero-order valence-corrected chi connectivity index (χ0v) is 17.6. The van der Waals surface area contributed by atoms with Crippen molar-refractivity contribution in [3.63, 3.8) is 0 Å². The van der Waals surface area contributed by atoms with Gasteiger partial charge in [-0.25, -0.2) is 0 Å². The third-order valence-corrected chi connectivity index (χ3v) is 4.78.